The maximum atomic E-state index is 12.7. The highest BCUT2D eigenvalue weighted by Crippen LogP contribution is 2.20. The van der Waals surface area contributed by atoms with Crippen LogP contribution in [0.4, 0.5) is 5.69 Å². The van der Waals surface area contributed by atoms with Gasteiger partial charge >= 0.3 is 0 Å². The first-order chi connectivity index (χ1) is 11.8. The molecule has 0 atom stereocenters. The standard InChI is InChI=1S/C19H23N5O/c1-12(2)18(25)23(16-8-6-7-13(3)9-16)11-17-21-19-20-14(4)10-15(5)24(19)22-17/h6-10,12H,11H2,1-5H3. The quantitative estimate of drug-likeness (QED) is 0.733. The highest BCUT2D eigenvalue weighted by molar-refractivity contribution is 5.94. The Bertz CT molecular complexity index is 929. The summed E-state index contributed by atoms with van der Waals surface area (Å²) < 4.78 is 1.72. The lowest BCUT2D eigenvalue weighted by Crippen LogP contribution is -2.34. The molecule has 0 bridgehead atoms. The normalized spacial score (nSPS) is 11.3. The molecule has 0 N–H and O–H groups in total. The van der Waals surface area contributed by atoms with Crippen LogP contribution >= 0.6 is 0 Å². The van der Waals surface area contributed by atoms with E-state index < -0.39 is 0 Å². The maximum absolute atomic E-state index is 12.7. The van der Waals surface area contributed by atoms with Crippen molar-refractivity contribution in [1.29, 1.82) is 0 Å². The molecule has 0 spiro atoms. The van der Waals surface area contributed by atoms with Crippen molar-refractivity contribution in [2.75, 3.05) is 4.90 Å². The number of aryl methyl sites for hydroxylation is 3. The average molecular weight is 337 g/mol. The Kier molecular flexibility index (Phi) is 4.53. The van der Waals surface area contributed by atoms with Crippen molar-refractivity contribution in [3.05, 3.63) is 53.1 Å². The van der Waals surface area contributed by atoms with Crippen LogP contribution in [0.3, 0.4) is 0 Å². The van der Waals surface area contributed by atoms with Crippen LogP contribution in [0, 0.1) is 26.7 Å². The van der Waals surface area contributed by atoms with E-state index in [0.29, 0.717) is 18.1 Å². The Morgan fingerprint density at radius 1 is 1.16 bits per heavy atom. The van der Waals surface area contributed by atoms with E-state index in [1.54, 1.807) is 9.42 Å². The van der Waals surface area contributed by atoms with E-state index in [-0.39, 0.29) is 11.8 Å². The van der Waals surface area contributed by atoms with Crippen molar-refractivity contribution in [2.45, 2.75) is 41.2 Å². The van der Waals surface area contributed by atoms with E-state index in [4.69, 9.17) is 0 Å². The molecule has 2 heterocycles. The van der Waals surface area contributed by atoms with Gasteiger partial charge in [0.2, 0.25) is 5.91 Å². The van der Waals surface area contributed by atoms with Crippen molar-refractivity contribution in [1.82, 2.24) is 19.6 Å². The van der Waals surface area contributed by atoms with Crippen molar-refractivity contribution in [3.63, 3.8) is 0 Å². The van der Waals surface area contributed by atoms with Crippen molar-refractivity contribution in [3.8, 4) is 0 Å². The van der Waals surface area contributed by atoms with Crippen LogP contribution in [0.2, 0.25) is 0 Å². The van der Waals surface area contributed by atoms with E-state index in [1.807, 2.05) is 65.0 Å². The smallest absolute Gasteiger partial charge is 0.252 e. The zero-order chi connectivity index (χ0) is 18.1. The summed E-state index contributed by atoms with van der Waals surface area (Å²) in [5.41, 5.74) is 3.84. The third kappa shape index (κ3) is 3.52. The highest BCUT2D eigenvalue weighted by Gasteiger charge is 2.21. The van der Waals surface area contributed by atoms with Gasteiger partial charge in [-0.05, 0) is 44.5 Å². The second kappa shape index (κ2) is 6.63. The lowest BCUT2D eigenvalue weighted by Gasteiger charge is -2.23. The summed E-state index contributed by atoms with van der Waals surface area (Å²) in [6, 6.07) is 9.88. The Hall–Kier alpha value is -2.76. The molecule has 3 rings (SSSR count). The third-order valence-electron chi connectivity index (χ3n) is 4.03. The van der Waals surface area contributed by atoms with Gasteiger partial charge in [0.25, 0.3) is 5.78 Å². The molecule has 0 aliphatic carbocycles. The highest BCUT2D eigenvalue weighted by atomic mass is 16.2. The first-order valence-electron chi connectivity index (χ1n) is 8.43. The molecule has 3 aromatic rings. The van der Waals surface area contributed by atoms with Gasteiger partial charge in [0.15, 0.2) is 5.82 Å². The molecule has 1 aromatic carbocycles. The molecule has 1 amide bonds. The number of nitrogens with zero attached hydrogens (tertiary/aromatic N) is 5. The summed E-state index contributed by atoms with van der Waals surface area (Å²) in [6.45, 7) is 10.0. The van der Waals surface area contributed by atoms with Gasteiger partial charge in [0.05, 0.1) is 6.54 Å². The lowest BCUT2D eigenvalue weighted by molar-refractivity contribution is -0.121. The van der Waals surface area contributed by atoms with Gasteiger partial charge in [-0.2, -0.15) is 4.98 Å². The van der Waals surface area contributed by atoms with E-state index in [2.05, 4.69) is 15.1 Å². The fraction of sp³-hybridized carbons (Fsp3) is 0.368. The van der Waals surface area contributed by atoms with Crippen LogP contribution in [0.5, 0.6) is 0 Å². The Labute approximate surface area is 147 Å². The van der Waals surface area contributed by atoms with Crippen LogP contribution < -0.4 is 4.90 Å². The number of carbonyl (C=O) groups excluding carboxylic acids is 1. The van der Waals surface area contributed by atoms with Gasteiger partial charge in [-0.1, -0.05) is 26.0 Å². The van der Waals surface area contributed by atoms with Gasteiger partial charge in [-0.25, -0.2) is 9.50 Å². The van der Waals surface area contributed by atoms with E-state index in [1.165, 1.54) is 0 Å². The molecule has 130 valence electrons. The second-order valence-corrected chi connectivity index (χ2v) is 6.70. The largest absolute Gasteiger partial charge is 0.304 e. The number of amides is 1. The molecular weight excluding hydrogens is 314 g/mol. The minimum atomic E-state index is -0.111. The van der Waals surface area contributed by atoms with Gasteiger partial charge in [0.1, 0.15) is 0 Å². The van der Waals surface area contributed by atoms with Crippen molar-refractivity contribution < 1.29 is 4.79 Å². The summed E-state index contributed by atoms with van der Waals surface area (Å²) in [5.74, 6) is 1.08. The predicted octanol–water partition coefficient (Wildman–Crippen LogP) is 3.24. The number of aromatic nitrogens is 4. The zero-order valence-electron chi connectivity index (χ0n) is 15.3. The van der Waals surface area contributed by atoms with Gasteiger partial charge in [0, 0.05) is 23.0 Å². The molecule has 0 aliphatic rings. The molecule has 0 saturated carbocycles. The Morgan fingerprint density at radius 2 is 1.92 bits per heavy atom. The number of fused-ring (bicyclic) bond motifs is 1. The van der Waals surface area contributed by atoms with Crippen LogP contribution in [0.1, 0.15) is 36.6 Å². The van der Waals surface area contributed by atoms with Gasteiger partial charge in [-0.3, -0.25) is 4.79 Å². The molecule has 0 aliphatic heterocycles. The number of benzene rings is 1. The monoisotopic (exact) mass is 337 g/mol. The minimum absolute atomic E-state index is 0.0466. The third-order valence-corrected chi connectivity index (χ3v) is 4.03. The van der Waals surface area contributed by atoms with Crippen LogP contribution in [-0.4, -0.2) is 25.5 Å². The minimum Gasteiger partial charge on any atom is -0.304 e. The zero-order valence-corrected chi connectivity index (χ0v) is 15.3. The lowest BCUT2D eigenvalue weighted by atomic mass is 10.1. The summed E-state index contributed by atoms with van der Waals surface area (Å²) in [6.07, 6.45) is 0. The Balaban J connectivity index is 2.00. The molecule has 0 saturated heterocycles. The number of hydrogen-bond acceptors (Lipinski definition) is 4. The van der Waals surface area contributed by atoms with E-state index in [9.17, 15) is 4.79 Å². The molecule has 0 fully saturated rings. The SMILES string of the molecule is Cc1cccc(N(Cc2nc3nc(C)cc(C)n3n2)C(=O)C(C)C)c1. The van der Waals surface area contributed by atoms with Gasteiger partial charge in [-0.15, -0.1) is 5.10 Å². The van der Waals surface area contributed by atoms with Crippen LogP contribution in [-0.2, 0) is 11.3 Å². The Morgan fingerprint density at radius 3 is 2.60 bits per heavy atom. The number of carbonyl (C=O) groups is 1. The summed E-state index contributed by atoms with van der Waals surface area (Å²) in [4.78, 5) is 23.4. The first-order valence-corrected chi connectivity index (χ1v) is 8.43. The number of rotatable bonds is 4. The van der Waals surface area contributed by atoms with E-state index >= 15 is 0 Å². The average Bonchev–Trinajstić information content (AvgIpc) is 2.94. The second-order valence-electron chi connectivity index (χ2n) is 6.70. The predicted molar refractivity (Wildman–Crippen MR) is 97.5 cm³/mol. The fourth-order valence-corrected chi connectivity index (χ4v) is 2.82. The molecular formula is C19H23N5O. The topological polar surface area (TPSA) is 63.4 Å². The molecule has 6 nitrogen and oxygen atoms in total. The molecule has 6 heteroatoms. The van der Waals surface area contributed by atoms with E-state index in [0.717, 1.165) is 22.6 Å². The summed E-state index contributed by atoms with van der Waals surface area (Å²) >= 11 is 0. The van der Waals surface area contributed by atoms with Gasteiger partial charge < -0.3 is 4.90 Å². The molecule has 0 radical (unpaired) electrons. The molecule has 25 heavy (non-hydrogen) atoms. The number of anilines is 1. The summed E-state index contributed by atoms with van der Waals surface area (Å²) in [5, 5.41) is 4.53. The fourth-order valence-electron chi connectivity index (χ4n) is 2.82. The van der Waals surface area contributed by atoms with Crippen molar-refractivity contribution >= 4 is 17.4 Å². The molecule has 2 aromatic heterocycles. The molecule has 0 unspecified atom stereocenters. The first kappa shape index (κ1) is 17.1. The van der Waals surface area contributed by atoms with Crippen molar-refractivity contribution in [2.24, 2.45) is 5.92 Å². The van der Waals surface area contributed by atoms with Crippen LogP contribution in [0.25, 0.3) is 5.78 Å². The summed E-state index contributed by atoms with van der Waals surface area (Å²) in [7, 11) is 0. The number of hydrogen-bond donors (Lipinski definition) is 0. The maximum Gasteiger partial charge on any atom is 0.252 e. The van der Waals surface area contributed by atoms with Crippen LogP contribution in [0.15, 0.2) is 30.3 Å².